The maximum atomic E-state index is 3.22. The van der Waals surface area contributed by atoms with Crippen LogP contribution in [0.5, 0.6) is 0 Å². The van der Waals surface area contributed by atoms with Gasteiger partial charge in [0.1, 0.15) is 0 Å². The molecule has 1 heteroatoms. The van der Waals surface area contributed by atoms with Crippen molar-refractivity contribution in [3.8, 4) is 0 Å². The Morgan fingerprint density at radius 1 is 1.33 bits per heavy atom. The Hall–Kier alpha value is -0.0400. The van der Waals surface area contributed by atoms with Gasteiger partial charge in [-0.05, 0) is 32.2 Å². The third kappa shape index (κ3) is 4.46. The monoisotopic (exact) mass is 188 g/mol. The van der Waals surface area contributed by atoms with E-state index < -0.39 is 0 Å². The van der Waals surface area contributed by atoms with Gasteiger partial charge in [0.2, 0.25) is 0 Å². The summed E-state index contributed by atoms with van der Waals surface area (Å²) in [6.07, 6.45) is 3.16. The molecule has 0 radical (unpaired) electrons. The molecule has 0 saturated heterocycles. The molecule has 0 N–H and O–H groups in total. The quantitative estimate of drug-likeness (QED) is 0.581. The van der Waals surface area contributed by atoms with Gasteiger partial charge < -0.3 is 0 Å². The molecule has 52 valence electrons. The predicted octanol–water partition coefficient (Wildman–Crippen LogP) is 3.64. The normalized spacial score (nSPS) is 10.2. The Bertz CT molecular complexity index is 128. The summed E-state index contributed by atoms with van der Waals surface area (Å²) >= 11 is 3.22. The van der Waals surface area contributed by atoms with Crippen molar-refractivity contribution in [2.24, 2.45) is 0 Å². The first-order chi connectivity index (χ1) is 4.18. The van der Waals surface area contributed by atoms with Gasteiger partial charge in [-0.2, -0.15) is 0 Å². The Kier molecular flexibility index (Phi) is 4.78. The molecule has 0 amide bonds. The summed E-state index contributed by atoms with van der Waals surface area (Å²) in [5.74, 6) is 0. The van der Waals surface area contributed by atoms with Crippen molar-refractivity contribution in [2.75, 3.05) is 0 Å². The van der Waals surface area contributed by atoms with Gasteiger partial charge in [-0.1, -0.05) is 33.2 Å². The lowest BCUT2D eigenvalue weighted by atomic mass is 10.1. The molecule has 0 aromatic carbocycles. The summed E-state index contributed by atoms with van der Waals surface area (Å²) in [4.78, 5) is 1.90. The lowest BCUT2D eigenvalue weighted by Gasteiger charge is -1.96. The molecule has 0 aromatic rings. The van der Waals surface area contributed by atoms with Crippen LogP contribution >= 0.6 is 15.9 Å². The zero-order chi connectivity index (χ0) is 7.28. The van der Waals surface area contributed by atoms with Crippen LogP contribution in [-0.4, -0.2) is 0 Å². The van der Waals surface area contributed by atoms with E-state index in [1.807, 2.05) is 4.99 Å². The molecule has 0 saturated carbocycles. The van der Waals surface area contributed by atoms with E-state index in [9.17, 15) is 0 Å². The van der Waals surface area contributed by atoms with Crippen LogP contribution in [0.1, 0.15) is 27.2 Å². The van der Waals surface area contributed by atoms with Gasteiger partial charge >= 0.3 is 0 Å². The Balaban J connectivity index is 3.77. The first-order valence-electron chi connectivity index (χ1n) is 3.06. The Morgan fingerprint density at radius 3 is 2.22 bits per heavy atom. The average Bonchev–Trinajstić information content (AvgIpc) is 1.82. The summed E-state index contributed by atoms with van der Waals surface area (Å²) < 4.78 is 0. The molecule has 0 heterocycles. The van der Waals surface area contributed by atoms with Crippen molar-refractivity contribution >= 4 is 15.9 Å². The molecule has 0 rings (SSSR count). The maximum Gasteiger partial charge on any atom is -0.0131 e. The smallest absolute Gasteiger partial charge is 0.0131 e. The number of halogens is 1. The van der Waals surface area contributed by atoms with E-state index in [0.717, 1.165) is 6.42 Å². The highest BCUT2D eigenvalue weighted by Gasteiger charge is 1.85. The standard InChI is InChI=1S/C8H13Br/c1-7(2)8(3)5-4-6-9/h4,6H,5H2,1-3H3. The van der Waals surface area contributed by atoms with Gasteiger partial charge in [0, 0.05) is 0 Å². The molecular formula is C8H13Br. The second kappa shape index (κ2) is 4.80. The van der Waals surface area contributed by atoms with Gasteiger partial charge in [-0.3, -0.25) is 0 Å². The molecule has 0 unspecified atom stereocenters. The summed E-state index contributed by atoms with van der Waals surface area (Å²) in [5.41, 5.74) is 2.87. The van der Waals surface area contributed by atoms with Gasteiger partial charge in [0.05, 0.1) is 0 Å². The van der Waals surface area contributed by atoms with Gasteiger partial charge in [0.25, 0.3) is 0 Å². The van der Waals surface area contributed by atoms with Crippen LogP contribution in [0.3, 0.4) is 0 Å². The molecular weight excluding hydrogens is 176 g/mol. The van der Waals surface area contributed by atoms with E-state index in [1.54, 1.807) is 0 Å². The van der Waals surface area contributed by atoms with E-state index in [4.69, 9.17) is 0 Å². The third-order valence-electron chi connectivity index (χ3n) is 1.37. The number of hydrogen-bond acceptors (Lipinski definition) is 0. The second-order valence-corrected chi connectivity index (χ2v) is 2.87. The van der Waals surface area contributed by atoms with Crippen molar-refractivity contribution in [3.63, 3.8) is 0 Å². The molecule has 0 bridgehead atoms. The molecule has 0 spiro atoms. The summed E-state index contributed by atoms with van der Waals surface area (Å²) in [7, 11) is 0. The van der Waals surface area contributed by atoms with Crippen LogP contribution < -0.4 is 0 Å². The maximum absolute atomic E-state index is 3.22. The minimum absolute atomic E-state index is 1.06. The molecule has 0 aliphatic carbocycles. The first kappa shape index (κ1) is 8.96. The molecule has 0 aliphatic rings. The van der Waals surface area contributed by atoms with E-state index in [-0.39, 0.29) is 0 Å². The lowest BCUT2D eigenvalue weighted by molar-refractivity contribution is 1.13. The fraction of sp³-hybridized carbons (Fsp3) is 0.500. The number of hydrogen-bond donors (Lipinski definition) is 0. The Labute approximate surface area is 65.8 Å². The van der Waals surface area contributed by atoms with Crippen LogP contribution in [-0.2, 0) is 0 Å². The SMILES string of the molecule is CC(C)=C(C)CC=CBr. The summed E-state index contributed by atoms with van der Waals surface area (Å²) in [6, 6.07) is 0. The van der Waals surface area contributed by atoms with Crippen LogP contribution in [0.25, 0.3) is 0 Å². The van der Waals surface area contributed by atoms with Crippen LogP contribution in [0.4, 0.5) is 0 Å². The summed E-state index contributed by atoms with van der Waals surface area (Å²) in [6.45, 7) is 6.43. The minimum atomic E-state index is 1.06. The van der Waals surface area contributed by atoms with Crippen molar-refractivity contribution in [3.05, 3.63) is 22.2 Å². The number of allylic oxidation sites excluding steroid dienone is 3. The second-order valence-electron chi connectivity index (χ2n) is 2.35. The van der Waals surface area contributed by atoms with Crippen LogP contribution in [0.2, 0.25) is 0 Å². The highest BCUT2D eigenvalue weighted by Crippen LogP contribution is 2.07. The van der Waals surface area contributed by atoms with E-state index in [0.29, 0.717) is 0 Å². The molecule has 0 aliphatic heterocycles. The highest BCUT2D eigenvalue weighted by molar-refractivity contribution is 9.11. The molecule has 0 fully saturated rings. The minimum Gasteiger partial charge on any atom is -0.0772 e. The molecule has 0 atom stereocenters. The highest BCUT2D eigenvalue weighted by atomic mass is 79.9. The first-order valence-corrected chi connectivity index (χ1v) is 3.98. The largest absolute Gasteiger partial charge is 0.0772 e. The zero-order valence-electron chi connectivity index (χ0n) is 6.24. The Morgan fingerprint density at radius 2 is 1.89 bits per heavy atom. The van der Waals surface area contributed by atoms with Gasteiger partial charge in [0.15, 0.2) is 0 Å². The van der Waals surface area contributed by atoms with Crippen molar-refractivity contribution < 1.29 is 0 Å². The van der Waals surface area contributed by atoms with E-state index in [1.165, 1.54) is 11.1 Å². The van der Waals surface area contributed by atoms with Gasteiger partial charge in [-0.15, -0.1) is 0 Å². The fourth-order valence-electron chi connectivity index (χ4n) is 0.425. The van der Waals surface area contributed by atoms with Crippen molar-refractivity contribution in [1.82, 2.24) is 0 Å². The van der Waals surface area contributed by atoms with Crippen molar-refractivity contribution in [1.29, 1.82) is 0 Å². The lowest BCUT2D eigenvalue weighted by Crippen LogP contribution is -1.75. The zero-order valence-corrected chi connectivity index (χ0v) is 7.83. The van der Waals surface area contributed by atoms with E-state index >= 15 is 0 Å². The number of rotatable bonds is 2. The molecule has 0 nitrogen and oxygen atoms in total. The van der Waals surface area contributed by atoms with E-state index in [2.05, 4.69) is 42.8 Å². The fourth-order valence-corrected chi connectivity index (χ4v) is 0.612. The molecule has 0 aromatic heterocycles. The topological polar surface area (TPSA) is 0 Å². The van der Waals surface area contributed by atoms with Crippen molar-refractivity contribution in [2.45, 2.75) is 27.2 Å². The van der Waals surface area contributed by atoms with Crippen LogP contribution in [0, 0.1) is 0 Å². The predicted molar refractivity (Wildman–Crippen MR) is 46.7 cm³/mol. The molecule has 9 heavy (non-hydrogen) atoms. The average molecular weight is 189 g/mol. The third-order valence-corrected chi connectivity index (χ3v) is 1.74. The van der Waals surface area contributed by atoms with Gasteiger partial charge in [-0.25, -0.2) is 0 Å². The van der Waals surface area contributed by atoms with Crippen LogP contribution in [0.15, 0.2) is 22.2 Å². The summed E-state index contributed by atoms with van der Waals surface area (Å²) in [5, 5.41) is 0.